The molecule has 1 aliphatic rings. The van der Waals surface area contributed by atoms with E-state index in [0.29, 0.717) is 0 Å². The van der Waals surface area contributed by atoms with Crippen LogP contribution in [0.4, 0.5) is 11.5 Å². The molecular weight excluding hydrogens is 208 g/mol. The van der Waals surface area contributed by atoms with Gasteiger partial charge in [-0.15, -0.1) is 0 Å². The lowest BCUT2D eigenvalue weighted by molar-refractivity contribution is -0.389. The van der Waals surface area contributed by atoms with Gasteiger partial charge in [0.15, 0.2) is 0 Å². The van der Waals surface area contributed by atoms with Crippen LogP contribution in [0.25, 0.3) is 0 Å². The van der Waals surface area contributed by atoms with Crippen molar-refractivity contribution in [2.24, 2.45) is 5.73 Å². The molecule has 0 amide bonds. The Hall–Kier alpha value is -1.69. The van der Waals surface area contributed by atoms with Crippen molar-refractivity contribution in [1.29, 1.82) is 0 Å². The van der Waals surface area contributed by atoms with Gasteiger partial charge in [-0.1, -0.05) is 0 Å². The van der Waals surface area contributed by atoms with E-state index in [1.165, 1.54) is 12.3 Å². The molecule has 0 aliphatic carbocycles. The Bertz CT molecular complexity index is 396. The zero-order valence-electron chi connectivity index (χ0n) is 8.87. The summed E-state index contributed by atoms with van der Waals surface area (Å²) in [6.07, 6.45) is 3.51. The minimum atomic E-state index is -0.479. The lowest BCUT2D eigenvalue weighted by atomic mass is 10.1. The van der Waals surface area contributed by atoms with Crippen molar-refractivity contribution < 1.29 is 4.92 Å². The van der Waals surface area contributed by atoms with Gasteiger partial charge in [-0.2, -0.15) is 0 Å². The molecule has 0 bridgehead atoms. The third-order valence-electron chi connectivity index (χ3n) is 2.74. The maximum atomic E-state index is 10.6. The van der Waals surface area contributed by atoms with Crippen LogP contribution in [0.2, 0.25) is 0 Å². The highest BCUT2D eigenvalue weighted by molar-refractivity contribution is 5.50. The molecule has 0 saturated carbocycles. The van der Waals surface area contributed by atoms with Gasteiger partial charge >= 0.3 is 5.82 Å². The number of pyridine rings is 1. The second-order valence-corrected chi connectivity index (χ2v) is 3.98. The van der Waals surface area contributed by atoms with Crippen LogP contribution >= 0.6 is 0 Å². The van der Waals surface area contributed by atoms with Gasteiger partial charge in [0, 0.05) is 30.9 Å². The number of nitrogens with two attached hydrogens (primary N) is 1. The molecule has 2 N–H and O–H groups in total. The number of nitro groups is 1. The second kappa shape index (κ2) is 4.44. The third-order valence-corrected chi connectivity index (χ3v) is 2.74. The maximum Gasteiger partial charge on any atom is 0.365 e. The SMILES string of the molecule is N[C@@H]1CCCN(c2ccnc([N+](=O)[O-])c2)C1. The average molecular weight is 222 g/mol. The van der Waals surface area contributed by atoms with Gasteiger partial charge in [0.05, 0.1) is 6.07 Å². The van der Waals surface area contributed by atoms with E-state index in [-0.39, 0.29) is 11.9 Å². The molecule has 0 spiro atoms. The van der Waals surface area contributed by atoms with Crippen molar-refractivity contribution in [2.75, 3.05) is 18.0 Å². The van der Waals surface area contributed by atoms with Crippen LogP contribution in [0.3, 0.4) is 0 Å². The smallest absolute Gasteiger partial charge is 0.365 e. The molecule has 1 aliphatic heterocycles. The summed E-state index contributed by atoms with van der Waals surface area (Å²) in [5.41, 5.74) is 6.70. The molecule has 1 fully saturated rings. The number of aromatic nitrogens is 1. The molecule has 1 aromatic rings. The van der Waals surface area contributed by atoms with E-state index in [2.05, 4.69) is 9.88 Å². The van der Waals surface area contributed by atoms with Crippen LogP contribution in [0, 0.1) is 10.1 Å². The summed E-state index contributed by atoms with van der Waals surface area (Å²) < 4.78 is 0. The van der Waals surface area contributed by atoms with E-state index in [4.69, 9.17) is 5.73 Å². The number of hydrogen-bond donors (Lipinski definition) is 1. The van der Waals surface area contributed by atoms with E-state index in [1.54, 1.807) is 6.07 Å². The van der Waals surface area contributed by atoms with Crippen molar-refractivity contribution in [1.82, 2.24) is 4.98 Å². The van der Waals surface area contributed by atoms with Gasteiger partial charge in [-0.25, -0.2) is 0 Å². The molecule has 6 heteroatoms. The Kier molecular flexibility index (Phi) is 3.00. The van der Waals surface area contributed by atoms with Crippen molar-refractivity contribution >= 4 is 11.5 Å². The Balaban J connectivity index is 2.19. The summed E-state index contributed by atoms with van der Waals surface area (Å²) in [5, 5.41) is 10.6. The first-order valence-corrected chi connectivity index (χ1v) is 5.28. The fourth-order valence-electron chi connectivity index (χ4n) is 1.95. The predicted octanol–water partition coefficient (Wildman–Crippen LogP) is 0.917. The molecule has 6 nitrogen and oxygen atoms in total. The Morgan fingerprint density at radius 1 is 1.62 bits per heavy atom. The van der Waals surface area contributed by atoms with Gasteiger partial charge in [-0.05, 0) is 22.7 Å². The number of nitrogens with zero attached hydrogens (tertiary/aromatic N) is 3. The topological polar surface area (TPSA) is 85.3 Å². The Labute approximate surface area is 93.2 Å². The van der Waals surface area contributed by atoms with E-state index in [9.17, 15) is 10.1 Å². The number of piperidine rings is 1. The average Bonchev–Trinajstić information content (AvgIpc) is 2.29. The zero-order valence-corrected chi connectivity index (χ0v) is 8.87. The molecule has 1 saturated heterocycles. The Morgan fingerprint density at radius 3 is 3.12 bits per heavy atom. The summed E-state index contributed by atoms with van der Waals surface area (Å²) in [5.74, 6) is -0.114. The van der Waals surface area contributed by atoms with Crippen LogP contribution in [0.1, 0.15) is 12.8 Å². The molecule has 0 unspecified atom stereocenters. The fourth-order valence-corrected chi connectivity index (χ4v) is 1.95. The number of anilines is 1. The van der Waals surface area contributed by atoms with Crippen molar-refractivity contribution in [3.05, 3.63) is 28.4 Å². The Morgan fingerprint density at radius 2 is 2.44 bits per heavy atom. The molecule has 1 atom stereocenters. The van der Waals surface area contributed by atoms with Gasteiger partial charge < -0.3 is 20.7 Å². The lowest BCUT2D eigenvalue weighted by Crippen LogP contribution is -2.42. The van der Waals surface area contributed by atoms with E-state index < -0.39 is 4.92 Å². The molecule has 0 radical (unpaired) electrons. The summed E-state index contributed by atoms with van der Waals surface area (Å²) in [7, 11) is 0. The molecule has 1 aromatic heterocycles. The van der Waals surface area contributed by atoms with E-state index in [0.717, 1.165) is 31.6 Å². The molecule has 2 rings (SSSR count). The highest BCUT2D eigenvalue weighted by atomic mass is 16.6. The van der Waals surface area contributed by atoms with E-state index >= 15 is 0 Å². The zero-order chi connectivity index (χ0) is 11.5. The maximum absolute atomic E-state index is 10.6. The summed E-state index contributed by atoms with van der Waals surface area (Å²) in [4.78, 5) is 15.9. The third kappa shape index (κ3) is 2.27. The van der Waals surface area contributed by atoms with Gasteiger partial charge in [-0.3, -0.25) is 0 Å². The molecule has 86 valence electrons. The standard InChI is InChI=1S/C10H14N4O2/c11-8-2-1-5-13(7-8)9-3-4-12-10(6-9)14(15)16/h3-4,6,8H,1-2,5,7,11H2/t8-/m1/s1. The predicted molar refractivity (Wildman–Crippen MR) is 60.3 cm³/mol. The second-order valence-electron chi connectivity index (χ2n) is 3.98. The van der Waals surface area contributed by atoms with Crippen molar-refractivity contribution in [3.8, 4) is 0 Å². The first-order chi connectivity index (χ1) is 7.66. The lowest BCUT2D eigenvalue weighted by Gasteiger charge is -2.32. The van der Waals surface area contributed by atoms with Crippen LogP contribution in [0.5, 0.6) is 0 Å². The van der Waals surface area contributed by atoms with Crippen LogP contribution < -0.4 is 10.6 Å². The molecule has 0 aromatic carbocycles. The van der Waals surface area contributed by atoms with Crippen LogP contribution in [-0.4, -0.2) is 29.0 Å². The van der Waals surface area contributed by atoms with Gasteiger partial charge in [0.2, 0.25) is 0 Å². The summed E-state index contributed by atoms with van der Waals surface area (Å²) in [6, 6.07) is 3.43. The highest BCUT2D eigenvalue weighted by Crippen LogP contribution is 2.21. The highest BCUT2D eigenvalue weighted by Gasteiger charge is 2.19. The summed E-state index contributed by atoms with van der Waals surface area (Å²) >= 11 is 0. The normalized spacial score (nSPS) is 20.8. The quantitative estimate of drug-likeness (QED) is 0.594. The van der Waals surface area contributed by atoms with Crippen LogP contribution in [0.15, 0.2) is 18.3 Å². The van der Waals surface area contributed by atoms with Gasteiger partial charge in [0.25, 0.3) is 0 Å². The van der Waals surface area contributed by atoms with Gasteiger partial charge in [0.1, 0.15) is 6.20 Å². The number of hydrogen-bond acceptors (Lipinski definition) is 5. The summed E-state index contributed by atoms with van der Waals surface area (Å²) in [6.45, 7) is 1.65. The van der Waals surface area contributed by atoms with Crippen molar-refractivity contribution in [2.45, 2.75) is 18.9 Å². The first kappa shape index (κ1) is 10.8. The monoisotopic (exact) mass is 222 g/mol. The first-order valence-electron chi connectivity index (χ1n) is 5.28. The van der Waals surface area contributed by atoms with Crippen LogP contribution in [-0.2, 0) is 0 Å². The minimum absolute atomic E-state index is 0.114. The van der Waals surface area contributed by atoms with Crippen molar-refractivity contribution in [3.63, 3.8) is 0 Å². The molecule has 2 heterocycles. The number of rotatable bonds is 2. The fraction of sp³-hybridized carbons (Fsp3) is 0.500. The molecular formula is C10H14N4O2. The molecule has 16 heavy (non-hydrogen) atoms. The van der Waals surface area contributed by atoms with E-state index in [1.807, 2.05) is 0 Å². The minimum Gasteiger partial charge on any atom is -0.370 e. The largest absolute Gasteiger partial charge is 0.370 e.